The molecule has 0 spiro atoms. The first-order valence-electron chi connectivity index (χ1n) is 5.90. The number of nitrogens with two attached hydrogens (primary N) is 1. The molecule has 0 unspecified atom stereocenters. The molecule has 0 aromatic heterocycles. The molecule has 3 N–H and O–H groups in total. The van der Waals surface area contributed by atoms with E-state index in [1.165, 1.54) is 6.07 Å². The Hall–Kier alpha value is -2.25. The van der Waals surface area contributed by atoms with Crippen LogP contribution in [0.25, 0.3) is 0 Å². The summed E-state index contributed by atoms with van der Waals surface area (Å²) in [6.45, 7) is 0. The zero-order valence-corrected chi connectivity index (χ0v) is 12.1. The van der Waals surface area contributed by atoms with E-state index in [9.17, 15) is 8.42 Å². The predicted octanol–water partition coefficient (Wildman–Crippen LogP) is 2.56. The molecule has 2 aromatic rings. The van der Waals surface area contributed by atoms with Gasteiger partial charge in [0.2, 0.25) is 5.96 Å². The van der Waals surface area contributed by atoms with Crippen LogP contribution in [0.2, 0.25) is 5.02 Å². The van der Waals surface area contributed by atoms with Gasteiger partial charge in [0.05, 0.1) is 5.02 Å². The summed E-state index contributed by atoms with van der Waals surface area (Å²) < 4.78 is 33.0. The topological polar surface area (TPSA) is 93.8 Å². The zero-order chi connectivity index (χ0) is 15.0. The standard InChI is InChI=1S/C13H10ClN3O3S/c14-8-4-1-2-5-9(8)20-10-6-3-7-11-12(10)16-13(15)17-21(11,18)19/h1-7H,(H3,15,16,17). The Bertz CT molecular complexity index is 849. The first kappa shape index (κ1) is 13.7. The number of anilines is 1. The summed E-state index contributed by atoms with van der Waals surface area (Å²) in [5.74, 6) is 0.493. The van der Waals surface area contributed by atoms with E-state index in [1.807, 2.05) is 0 Å². The van der Waals surface area contributed by atoms with Crippen LogP contribution in [0.4, 0.5) is 5.69 Å². The number of guanidine groups is 1. The number of fused-ring (bicyclic) bond motifs is 1. The number of nitrogens with zero attached hydrogens (tertiary/aromatic N) is 1. The minimum atomic E-state index is -3.83. The van der Waals surface area contributed by atoms with Gasteiger partial charge in [-0.15, -0.1) is 4.40 Å². The summed E-state index contributed by atoms with van der Waals surface area (Å²) in [7, 11) is -3.83. The highest BCUT2D eigenvalue weighted by Crippen LogP contribution is 2.38. The SMILES string of the molecule is NC1=NS(=O)(=O)c2cccc(Oc3ccccc3Cl)c2N1. The first-order chi connectivity index (χ1) is 9.97. The zero-order valence-electron chi connectivity index (χ0n) is 10.6. The third kappa shape index (κ3) is 2.53. The third-order valence-corrected chi connectivity index (χ3v) is 4.44. The molecule has 2 aromatic carbocycles. The van der Waals surface area contributed by atoms with Crippen LogP contribution in [0, 0.1) is 0 Å². The van der Waals surface area contributed by atoms with Crippen LogP contribution in [-0.4, -0.2) is 14.4 Å². The van der Waals surface area contributed by atoms with Gasteiger partial charge in [-0.05, 0) is 24.3 Å². The highest BCUT2D eigenvalue weighted by molar-refractivity contribution is 7.90. The molecule has 8 heteroatoms. The van der Waals surface area contributed by atoms with Crippen molar-refractivity contribution >= 4 is 33.3 Å². The van der Waals surface area contributed by atoms with Crippen molar-refractivity contribution in [3.8, 4) is 11.5 Å². The average Bonchev–Trinajstić information content (AvgIpc) is 2.41. The lowest BCUT2D eigenvalue weighted by molar-refractivity contribution is 0.483. The molecule has 6 nitrogen and oxygen atoms in total. The number of hydrogen-bond donors (Lipinski definition) is 2. The molecule has 0 saturated heterocycles. The molecular formula is C13H10ClN3O3S. The Labute approximate surface area is 126 Å². The Kier molecular flexibility index (Phi) is 3.23. The number of ether oxygens (including phenoxy) is 1. The fourth-order valence-corrected chi connectivity index (χ4v) is 3.15. The molecule has 21 heavy (non-hydrogen) atoms. The molecule has 0 radical (unpaired) electrons. The van der Waals surface area contributed by atoms with Gasteiger partial charge in [0, 0.05) is 0 Å². The molecule has 0 aliphatic carbocycles. The molecule has 0 bridgehead atoms. The second-order valence-corrected chi connectivity index (χ2v) is 6.22. The van der Waals surface area contributed by atoms with Crippen molar-refractivity contribution in [3.63, 3.8) is 0 Å². The first-order valence-corrected chi connectivity index (χ1v) is 7.72. The lowest BCUT2D eigenvalue weighted by atomic mass is 10.3. The number of nitrogens with one attached hydrogen (secondary N) is 1. The van der Waals surface area contributed by atoms with Crippen molar-refractivity contribution in [2.45, 2.75) is 4.90 Å². The van der Waals surface area contributed by atoms with Crippen LogP contribution in [0.1, 0.15) is 0 Å². The highest BCUT2D eigenvalue weighted by atomic mass is 35.5. The molecule has 0 atom stereocenters. The largest absolute Gasteiger partial charge is 0.454 e. The van der Waals surface area contributed by atoms with Crippen molar-refractivity contribution < 1.29 is 13.2 Å². The lowest BCUT2D eigenvalue weighted by Gasteiger charge is -2.19. The second kappa shape index (κ2) is 4.94. The Morgan fingerprint density at radius 1 is 1.10 bits per heavy atom. The van der Waals surface area contributed by atoms with Gasteiger partial charge in [0.15, 0.2) is 5.75 Å². The van der Waals surface area contributed by atoms with Crippen LogP contribution in [0.15, 0.2) is 51.8 Å². The van der Waals surface area contributed by atoms with Gasteiger partial charge < -0.3 is 15.8 Å². The predicted molar refractivity (Wildman–Crippen MR) is 80.4 cm³/mol. The number of para-hydroxylation sites is 2. The Balaban J connectivity index is 2.10. The van der Waals surface area contributed by atoms with E-state index in [2.05, 4.69) is 9.71 Å². The molecule has 1 aliphatic heterocycles. The van der Waals surface area contributed by atoms with Gasteiger partial charge in [-0.1, -0.05) is 29.8 Å². The molecule has 1 aliphatic rings. The van der Waals surface area contributed by atoms with Gasteiger partial charge >= 0.3 is 0 Å². The number of rotatable bonds is 2. The second-order valence-electron chi connectivity index (χ2n) is 4.24. The van der Waals surface area contributed by atoms with E-state index < -0.39 is 10.0 Å². The smallest absolute Gasteiger partial charge is 0.287 e. The molecule has 108 valence electrons. The van der Waals surface area contributed by atoms with Crippen LogP contribution < -0.4 is 15.8 Å². The van der Waals surface area contributed by atoms with Crippen molar-refractivity contribution in [3.05, 3.63) is 47.5 Å². The Morgan fingerprint density at radius 3 is 2.57 bits per heavy atom. The van der Waals surface area contributed by atoms with E-state index in [0.29, 0.717) is 16.5 Å². The third-order valence-electron chi connectivity index (χ3n) is 2.79. The summed E-state index contributed by atoms with van der Waals surface area (Å²) in [5.41, 5.74) is 5.74. The monoisotopic (exact) mass is 323 g/mol. The van der Waals surface area contributed by atoms with E-state index in [-0.39, 0.29) is 16.5 Å². The minimum absolute atomic E-state index is 0.00116. The summed E-state index contributed by atoms with van der Waals surface area (Å²) in [6.07, 6.45) is 0. The molecular weight excluding hydrogens is 314 g/mol. The number of halogens is 1. The maximum absolute atomic E-state index is 12.0. The van der Waals surface area contributed by atoms with Crippen molar-refractivity contribution in [2.24, 2.45) is 10.1 Å². The normalized spacial score (nSPS) is 15.6. The van der Waals surface area contributed by atoms with Gasteiger partial charge in [-0.3, -0.25) is 0 Å². The van der Waals surface area contributed by atoms with E-state index in [1.54, 1.807) is 36.4 Å². The molecule has 3 rings (SSSR count). The van der Waals surface area contributed by atoms with E-state index in [4.69, 9.17) is 22.1 Å². The highest BCUT2D eigenvalue weighted by Gasteiger charge is 2.26. The fraction of sp³-hybridized carbons (Fsp3) is 0. The lowest BCUT2D eigenvalue weighted by Crippen LogP contribution is -2.28. The van der Waals surface area contributed by atoms with Crippen molar-refractivity contribution in [1.29, 1.82) is 0 Å². The van der Waals surface area contributed by atoms with Crippen molar-refractivity contribution in [1.82, 2.24) is 0 Å². The average molecular weight is 324 g/mol. The molecule has 0 fully saturated rings. The quantitative estimate of drug-likeness (QED) is 0.885. The number of benzene rings is 2. The van der Waals surface area contributed by atoms with Gasteiger partial charge in [-0.25, -0.2) is 0 Å². The van der Waals surface area contributed by atoms with Crippen LogP contribution in [0.5, 0.6) is 11.5 Å². The van der Waals surface area contributed by atoms with Crippen LogP contribution in [0.3, 0.4) is 0 Å². The van der Waals surface area contributed by atoms with Gasteiger partial charge in [0.25, 0.3) is 10.0 Å². The van der Waals surface area contributed by atoms with E-state index >= 15 is 0 Å². The number of sulfonamides is 1. The summed E-state index contributed by atoms with van der Waals surface area (Å²) in [4.78, 5) is 0.00116. The summed E-state index contributed by atoms with van der Waals surface area (Å²) in [6, 6.07) is 11.5. The molecule has 0 saturated carbocycles. The maximum Gasteiger partial charge on any atom is 0.287 e. The van der Waals surface area contributed by atoms with Gasteiger partial charge in [-0.2, -0.15) is 8.42 Å². The molecule has 0 amide bonds. The van der Waals surface area contributed by atoms with Gasteiger partial charge in [0.1, 0.15) is 16.3 Å². The minimum Gasteiger partial charge on any atom is -0.454 e. The molecule has 1 heterocycles. The fourth-order valence-electron chi connectivity index (χ4n) is 1.91. The van der Waals surface area contributed by atoms with Crippen molar-refractivity contribution in [2.75, 3.05) is 5.32 Å². The maximum atomic E-state index is 12.0. The van der Waals surface area contributed by atoms with E-state index in [0.717, 1.165) is 0 Å². The van der Waals surface area contributed by atoms with Crippen LogP contribution >= 0.6 is 11.6 Å². The number of hydrogen-bond acceptors (Lipinski definition) is 5. The summed E-state index contributed by atoms with van der Waals surface area (Å²) in [5, 5.41) is 3.12. The van der Waals surface area contributed by atoms with Crippen LogP contribution in [-0.2, 0) is 10.0 Å². The summed E-state index contributed by atoms with van der Waals surface area (Å²) >= 11 is 6.03. The Morgan fingerprint density at radius 2 is 1.81 bits per heavy atom.